The molecule has 4 aromatic carbocycles. The third-order valence-corrected chi connectivity index (χ3v) is 5.52. The molecule has 0 atom stereocenters. The summed E-state index contributed by atoms with van der Waals surface area (Å²) in [4.78, 5) is 27.3. The van der Waals surface area contributed by atoms with Gasteiger partial charge in [-0.15, -0.1) is 0 Å². The average Bonchev–Trinajstić information content (AvgIpc) is 2.77. The van der Waals surface area contributed by atoms with Crippen LogP contribution in [0.2, 0.25) is 0 Å². The summed E-state index contributed by atoms with van der Waals surface area (Å²) in [7, 11) is 0. The highest BCUT2D eigenvalue weighted by Crippen LogP contribution is 2.30. The molecule has 4 heteroatoms. The van der Waals surface area contributed by atoms with E-state index in [2.05, 4.69) is 29.6 Å². The summed E-state index contributed by atoms with van der Waals surface area (Å²) >= 11 is 0. The van der Waals surface area contributed by atoms with Crippen molar-refractivity contribution >= 4 is 39.0 Å². The van der Waals surface area contributed by atoms with E-state index in [-0.39, 0.29) is 11.8 Å². The summed E-state index contributed by atoms with van der Waals surface area (Å²) in [6, 6.07) is 25.6. The van der Waals surface area contributed by atoms with Crippen molar-refractivity contribution in [3.8, 4) is 0 Å². The number of carbonyl (C=O) groups is 2. The highest BCUT2D eigenvalue weighted by Gasteiger charge is 2.31. The van der Waals surface area contributed by atoms with Crippen LogP contribution in [0.1, 0.15) is 27.1 Å². The summed E-state index contributed by atoms with van der Waals surface area (Å²) in [5.41, 5.74) is 2.29. The standard InChI is InChI=1S/C25H20N2O2/c28-24-20-12-3-9-18-10-4-13-21(23(18)20)25(29)27(24)16-6-15-26-22-14-5-8-17-7-1-2-11-19(17)22/h1-5,7-14,26H,6,15-16H2. The predicted octanol–water partition coefficient (Wildman–Crippen LogP) is 5.09. The van der Waals surface area contributed by atoms with E-state index in [0.717, 1.165) is 16.5 Å². The predicted molar refractivity (Wildman–Crippen MR) is 116 cm³/mol. The Hall–Kier alpha value is -3.66. The first kappa shape index (κ1) is 17.4. The van der Waals surface area contributed by atoms with Gasteiger partial charge in [0.05, 0.1) is 0 Å². The second-order valence-corrected chi connectivity index (χ2v) is 7.28. The van der Waals surface area contributed by atoms with Crippen molar-refractivity contribution in [2.45, 2.75) is 6.42 Å². The monoisotopic (exact) mass is 380 g/mol. The second-order valence-electron chi connectivity index (χ2n) is 7.28. The van der Waals surface area contributed by atoms with Crippen LogP contribution in [0.5, 0.6) is 0 Å². The van der Waals surface area contributed by atoms with Gasteiger partial charge in [-0.25, -0.2) is 0 Å². The fraction of sp³-hybridized carbons (Fsp3) is 0.120. The van der Waals surface area contributed by atoms with Crippen LogP contribution in [0, 0.1) is 0 Å². The van der Waals surface area contributed by atoms with Crippen molar-refractivity contribution in [2.24, 2.45) is 0 Å². The van der Waals surface area contributed by atoms with Crippen LogP contribution < -0.4 is 5.32 Å². The molecule has 0 unspecified atom stereocenters. The lowest BCUT2D eigenvalue weighted by Crippen LogP contribution is -2.41. The molecule has 2 amide bonds. The number of hydrogen-bond acceptors (Lipinski definition) is 3. The van der Waals surface area contributed by atoms with Gasteiger partial charge >= 0.3 is 0 Å². The van der Waals surface area contributed by atoms with Gasteiger partial charge in [-0.05, 0) is 35.4 Å². The number of rotatable bonds is 5. The van der Waals surface area contributed by atoms with E-state index in [0.29, 0.717) is 30.6 Å². The second kappa shape index (κ2) is 7.06. The summed E-state index contributed by atoms with van der Waals surface area (Å²) < 4.78 is 0. The smallest absolute Gasteiger partial charge is 0.261 e. The third kappa shape index (κ3) is 2.93. The average molecular weight is 380 g/mol. The Morgan fingerprint density at radius 3 is 2.07 bits per heavy atom. The van der Waals surface area contributed by atoms with Crippen LogP contribution in [0.4, 0.5) is 5.69 Å². The van der Waals surface area contributed by atoms with Crippen molar-refractivity contribution < 1.29 is 9.59 Å². The molecular formula is C25H20N2O2. The Balaban J connectivity index is 1.32. The van der Waals surface area contributed by atoms with E-state index in [1.165, 1.54) is 15.7 Å². The molecule has 0 aliphatic carbocycles. The molecule has 29 heavy (non-hydrogen) atoms. The molecule has 1 heterocycles. The van der Waals surface area contributed by atoms with E-state index < -0.39 is 0 Å². The maximum Gasteiger partial charge on any atom is 0.261 e. The molecular weight excluding hydrogens is 360 g/mol. The van der Waals surface area contributed by atoms with Gasteiger partial charge in [0, 0.05) is 40.7 Å². The first-order valence-corrected chi connectivity index (χ1v) is 9.83. The number of nitrogens with zero attached hydrogens (tertiary/aromatic N) is 1. The van der Waals surface area contributed by atoms with Crippen molar-refractivity contribution in [3.05, 3.63) is 90.0 Å². The van der Waals surface area contributed by atoms with Crippen molar-refractivity contribution in [2.75, 3.05) is 18.4 Å². The first-order chi connectivity index (χ1) is 14.2. The quantitative estimate of drug-likeness (QED) is 0.387. The molecule has 5 rings (SSSR count). The molecule has 0 bridgehead atoms. The van der Waals surface area contributed by atoms with E-state index in [9.17, 15) is 9.59 Å². The Morgan fingerprint density at radius 2 is 1.31 bits per heavy atom. The Morgan fingerprint density at radius 1 is 0.690 bits per heavy atom. The lowest BCUT2D eigenvalue weighted by atomic mass is 9.94. The number of benzene rings is 4. The van der Waals surface area contributed by atoms with Crippen molar-refractivity contribution in [1.29, 1.82) is 0 Å². The minimum atomic E-state index is -0.204. The largest absolute Gasteiger partial charge is 0.384 e. The molecule has 1 aliphatic rings. The van der Waals surface area contributed by atoms with Gasteiger partial charge in [-0.2, -0.15) is 0 Å². The van der Waals surface area contributed by atoms with Gasteiger partial charge < -0.3 is 5.32 Å². The fourth-order valence-electron chi connectivity index (χ4n) is 4.12. The number of nitrogens with one attached hydrogen (secondary N) is 1. The molecule has 0 spiro atoms. The van der Waals surface area contributed by atoms with Crippen LogP contribution in [0.15, 0.2) is 78.9 Å². The van der Waals surface area contributed by atoms with Gasteiger partial charge in [0.1, 0.15) is 0 Å². The van der Waals surface area contributed by atoms with Gasteiger partial charge in [0.2, 0.25) is 0 Å². The zero-order chi connectivity index (χ0) is 19.8. The number of fused-ring (bicyclic) bond motifs is 1. The van der Waals surface area contributed by atoms with E-state index >= 15 is 0 Å². The summed E-state index contributed by atoms with van der Waals surface area (Å²) in [5.74, 6) is -0.408. The molecule has 0 aromatic heterocycles. The van der Waals surface area contributed by atoms with Crippen LogP contribution in [-0.4, -0.2) is 29.8 Å². The highest BCUT2D eigenvalue weighted by molar-refractivity contribution is 6.25. The molecule has 0 saturated heterocycles. The van der Waals surface area contributed by atoms with Crippen molar-refractivity contribution in [3.63, 3.8) is 0 Å². The van der Waals surface area contributed by atoms with E-state index in [4.69, 9.17) is 0 Å². The maximum absolute atomic E-state index is 12.9. The number of hydrogen-bond donors (Lipinski definition) is 1. The Bertz CT molecular complexity index is 1210. The van der Waals surface area contributed by atoms with Gasteiger partial charge in [-0.1, -0.05) is 60.7 Å². The Labute approximate surface area is 168 Å². The molecule has 0 fully saturated rings. The van der Waals surface area contributed by atoms with E-state index in [1.807, 2.05) is 54.6 Å². The number of anilines is 1. The van der Waals surface area contributed by atoms with Crippen LogP contribution in [0.3, 0.4) is 0 Å². The summed E-state index contributed by atoms with van der Waals surface area (Å²) in [6.45, 7) is 1.07. The molecule has 1 N–H and O–H groups in total. The molecule has 4 aromatic rings. The van der Waals surface area contributed by atoms with E-state index in [1.54, 1.807) is 0 Å². The van der Waals surface area contributed by atoms with Gasteiger partial charge in [-0.3, -0.25) is 14.5 Å². The third-order valence-electron chi connectivity index (χ3n) is 5.52. The van der Waals surface area contributed by atoms with Gasteiger partial charge in [0.15, 0.2) is 0 Å². The summed E-state index contributed by atoms with van der Waals surface area (Å²) in [6.07, 6.45) is 0.679. The minimum Gasteiger partial charge on any atom is -0.384 e. The Kier molecular flexibility index (Phi) is 4.24. The molecule has 4 nitrogen and oxygen atoms in total. The fourth-order valence-corrected chi connectivity index (χ4v) is 4.12. The SMILES string of the molecule is O=C1c2cccc3cccc(c23)C(=O)N1CCCNc1cccc2ccccc12. The van der Waals surface area contributed by atoms with Crippen LogP contribution in [-0.2, 0) is 0 Å². The normalized spacial score (nSPS) is 13.3. The number of carbonyl (C=O) groups excluding carboxylic acids is 2. The van der Waals surface area contributed by atoms with Crippen LogP contribution >= 0.6 is 0 Å². The summed E-state index contributed by atoms with van der Waals surface area (Å²) in [5, 5.41) is 7.50. The lowest BCUT2D eigenvalue weighted by molar-refractivity contribution is 0.0610. The lowest BCUT2D eigenvalue weighted by Gasteiger charge is -2.27. The van der Waals surface area contributed by atoms with Gasteiger partial charge in [0.25, 0.3) is 11.8 Å². The minimum absolute atomic E-state index is 0.204. The molecule has 1 aliphatic heterocycles. The number of amides is 2. The molecule has 142 valence electrons. The highest BCUT2D eigenvalue weighted by atomic mass is 16.2. The topological polar surface area (TPSA) is 49.4 Å². The molecule has 0 saturated carbocycles. The first-order valence-electron chi connectivity index (χ1n) is 9.83. The zero-order valence-corrected chi connectivity index (χ0v) is 15.9. The number of imide groups is 1. The molecule has 0 radical (unpaired) electrons. The zero-order valence-electron chi connectivity index (χ0n) is 15.9. The van der Waals surface area contributed by atoms with Crippen LogP contribution in [0.25, 0.3) is 21.5 Å². The maximum atomic E-state index is 12.9. The van der Waals surface area contributed by atoms with Crippen molar-refractivity contribution in [1.82, 2.24) is 4.90 Å².